The number of hydrogen-bond donors (Lipinski definition) is 2. The minimum absolute atomic E-state index is 0.597. The fraction of sp³-hybridized carbons (Fsp3) is 0.727. The Morgan fingerprint density at radius 3 is 2.93 bits per heavy atom. The van der Waals surface area contributed by atoms with Crippen LogP contribution in [0, 0.1) is 6.92 Å². The Balaban J connectivity index is 2.06. The van der Waals surface area contributed by atoms with E-state index in [1.54, 1.807) is 11.3 Å². The number of hydrogen-bond acceptors (Lipinski definition) is 4. The quantitative estimate of drug-likeness (QED) is 0.699. The van der Waals surface area contributed by atoms with Crippen LogP contribution >= 0.6 is 11.3 Å². The van der Waals surface area contributed by atoms with Crippen molar-refractivity contribution < 1.29 is 0 Å². The van der Waals surface area contributed by atoms with Gasteiger partial charge in [-0.3, -0.25) is 0 Å². The van der Waals surface area contributed by atoms with Crippen molar-refractivity contribution >= 4 is 11.3 Å². The molecule has 0 saturated heterocycles. The highest BCUT2D eigenvalue weighted by molar-refractivity contribution is 7.09. The third-order valence-electron chi connectivity index (χ3n) is 2.28. The van der Waals surface area contributed by atoms with Crippen molar-refractivity contribution in [3.63, 3.8) is 0 Å². The van der Waals surface area contributed by atoms with Crippen LogP contribution in [-0.4, -0.2) is 24.1 Å². The lowest BCUT2D eigenvalue weighted by Gasteiger charge is -2.11. The molecular weight excluding hydrogens is 206 g/mol. The molecule has 3 nitrogen and oxygen atoms in total. The van der Waals surface area contributed by atoms with Crippen LogP contribution in [0.15, 0.2) is 5.38 Å². The number of nitrogens with zero attached hydrogens (tertiary/aromatic N) is 1. The van der Waals surface area contributed by atoms with Crippen LogP contribution in [0.4, 0.5) is 0 Å². The molecule has 0 radical (unpaired) electrons. The van der Waals surface area contributed by atoms with Crippen LogP contribution in [-0.2, 0) is 6.54 Å². The molecular formula is C11H21N3S. The first kappa shape index (κ1) is 12.6. The summed E-state index contributed by atoms with van der Waals surface area (Å²) in [6.07, 6.45) is 1.16. The van der Waals surface area contributed by atoms with E-state index in [9.17, 15) is 0 Å². The largest absolute Gasteiger partial charge is 0.314 e. The maximum Gasteiger partial charge on any atom is 0.0897 e. The Hall–Kier alpha value is -0.450. The van der Waals surface area contributed by atoms with Gasteiger partial charge in [0.05, 0.1) is 10.7 Å². The summed E-state index contributed by atoms with van der Waals surface area (Å²) in [4.78, 5) is 4.40. The second kappa shape index (κ2) is 6.93. The van der Waals surface area contributed by atoms with Crippen LogP contribution in [0.1, 0.15) is 31.0 Å². The molecule has 86 valence electrons. The Labute approximate surface area is 96.3 Å². The maximum atomic E-state index is 4.40. The maximum absolute atomic E-state index is 4.40. The smallest absolute Gasteiger partial charge is 0.0897 e. The van der Waals surface area contributed by atoms with Crippen LogP contribution in [0.25, 0.3) is 0 Å². The summed E-state index contributed by atoms with van der Waals surface area (Å²) in [7, 11) is 0. The molecule has 1 rings (SSSR count). The van der Waals surface area contributed by atoms with Crippen molar-refractivity contribution in [1.29, 1.82) is 0 Å². The van der Waals surface area contributed by atoms with Crippen LogP contribution < -0.4 is 10.6 Å². The van der Waals surface area contributed by atoms with Crippen molar-refractivity contribution in [2.75, 3.05) is 13.1 Å². The Kier molecular flexibility index (Phi) is 5.83. The first-order valence-electron chi connectivity index (χ1n) is 5.57. The molecule has 0 bridgehead atoms. The monoisotopic (exact) mass is 227 g/mol. The zero-order valence-corrected chi connectivity index (χ0v) is 10.7. The van der Waals surface area contributed by atoms with Crippen molar-refractivity contribution in [2.45, 2.75) is 39.8 Å². The molecule has 0 aliphatic heterocycles. The van der Waals surface area contributed by atoms with Gasteiger partial charge in [0.1, 0.15) is 0 Å². The number of aromatic nitrogens is 1. The van der Waals surface area contributed by atoms with Gasteiger partial charge < -0.3 is 10.6 Å². The van der Waals surface area contributed by atoms with Gasteiger partial charge in [0.15, 0.2) is 0 Å². The highest BCUT2D eigenvalue weighted by Gasteiger charge is 2.00. The summed E-state index contributed by atoms with van der Waals surface area (Å²) in [6.45, 7) is 9.39. The molecule has 0 amide bonds. The molecule has 1 aromatic rings. The van der Waals surface area contributed by atoms with Crippen molar-refractivity contribution in [3.8, 4) is 0 Å². The standard InChI is InChI=1S/C11H21N3S/c1-4-13-9(2)5-6-12-7-11-8-15-10(3)14-11/h8-9,12-13H,4-7H2,1-3H3. The molecule has 0 aliphatic carbocycles. The summed E-state index contributed by atoms with van der Waals surface area (Å²) in [5.74, 6) is 0. The summed E-state index contributed by atoms with van der Waals surface area (Å²) in [5, 5.41) is 10.1. The summed E-state index contributed by atoms with van der Waals surface area (Å²) in [5.41, 5.74) is 1.16. The van der Waals surface area contributed by atoms with Gasteiger partial charge in [-0.15, -0.1) is 11.3 Å². The SMILES string of the molecule is CCNC(C)CCNCc1csc(C)n1. The third kappa shape index (κ3) is 5.25. The fourth-order valence-electron chi connectivity index (χ4n) is 1.47. The summed E-state index contributed by atoms with van der Waals surface area (Å²) >= 11 is 1.71. The number of rotatable bonds is 7. The van der Waals surface area contributed by atoms with Crippen LogP contribution in [0.5, 0.6) is 0 Å². The Morgan fingerprint density at radius 2 is 2.33 bits per heavy atom. The van der Waals surface area contributed by atoms with Gasteiger partial charge in [-0.2, -0.15) is 0 Å². The van der Waals surface area contributed by atoms with Crippen LogP contribution in [0.2, 0.25) is 0 Å². The summed E-state index contributed by atoms with van der Waals surface area (Å²) in [6, 6.07) is 0.597. The number of nitrogens with one attached hydrogen (secondary N) is 2. The third-order valence-corrected chi connectivity index (χ3v) is 3.10. The van der Waals surface area contributed by atoms with E-state index in [4.69, 9.17) is 0 Å². The lowest BCUT2D eigenvalue weighted by Crippen LogP contribution is -2.29. The van der Waals surface area contributed by atoms with E-state index < -0.39 is 0 Å². The highest BCUT2D eigenvalue weighted by Crippen LogP contribution is 2.07. The van der Waals surface area contributed by atoms with Gasteiger partial charge in [-0.25, -0.2) is 4.98 Å². The van der Waals surface area contributed by atoms with E-state index in [2.05, 4.69) is 34.8 Å². The van der Waals surface area contributed by atoms with Crippen LogP contribution in [0.3, 0.4) is 0 Å². The molecule has 1 atom stereocenters. The van der Waals surface area contributed by atoms with E-state index in [0.29, 0.717) is 6.04 Å². The van der Waals surface area contributed by atoms with Gasteiger partial charge in [0.2, 0.25) is 0 Å². The van der Waals surface area contributed by atoms with Crippen molar-refractivity contribution in [2.24, 2.45) is 0 Å². The van der Waals surface area contributed by atoms with E-state index in [-0.39, 0.29) is 0 Å². The molecule has 4 heteroatoms. The average molecular weight is 227 g/mol. The minimum atomic E-state index is 0.597. The molecule has 0 aromatic carbocycles. The Morgan fingerprint density at radius 1 is 1.53 bits per heavy atom. The molecule has 0 spiro atoms. The van der Waals surface area contributed by atoms with Gasteiger partial charge in [0.25, 0.3) is 0 Å². The molecule has 15 heavy (non-hydrogen) atoms. The first-order chi connectivity index (χ1) is 7.22. The second-order valence-electron chi connectivity index (χ2n) is 3.78. The van der Waals surface area contributed by atoms with Gasteiger partial charge >= 0.3 is 0 Å². The van der Waals surface area contributed by atoms with Gasteiger partial charge in [0, 0.05) is 18.0 Å². The Bertz CT molecular complexity index is 273. The zero-order chi connectivity index (χ0) is 11.1. The lowest BCUT2D eigenvalue weighted by molar-refractivity contribution is 0.503. The van der Waals surface area contributed by atoms with E-state index >= 15 is 0 Å². The molecule has 1 heterocycles. The predicted octanol–water partition coefficient (Wildman–Crippen LogP) is 1.93. The lowest BCUT2D eigenvalue weighted by atomic mass is 10.2. The first-order valence-corrected chi connectivity index (χ1v) is 6.45. The predicted molar refractivity (Wildman–Crippen MR) is 66.3 cm³/mol. The van der Waals surface area contributed by atoms with E-state index in [1.807, 2.05) is 6.92 Å². The number of aryl methyl sites for hydroxylation is 1. The second-order valence-corrected chi connectivity index (χ2v) is 4.84. The number of thiazole rings is 1. The topological polar surface area (TPSA) is 37.0 Å². The zero-order valence-electron chi connectivity index (χ0n) is 9.84. The molecule has 0 fully saturated rings. The van der Waals surface area contributed by atoms with Gasteiger partial charge in [-0.05, 0) is 33.4 Å². The fourth-order valence-corrected chi connectivity index (χ4v) is 2.09. The highest BCUT2D eigenvalue weighted by atomic mass is 32.1. The van der Waals surface area contributed by atoms with Gasteiger partial charge in [-0.1, -0.05) is 6.92 Å². The molecule has 2 N–H and O–H groups in total. The molecule has 1 unspecified atom stereocenters. The van der Waals surface area contributed by atoms with E-state index in [1.165, 1.54) is 0 Å². The minimum Gasteiger partial charge on any atom is -0.314 e. The average Bonchev–Trinajstić information content (AvgIpc) is 2.60. The van der Waals surface area contributed by atoms with Crippen molar-refractivity contribution in [1.82, 2.24) is 15.6 Å². The van der Waals surface area contributed by atoms with E-state index in [0.717, 1.165) is 36.8 Å². The normalized spacial score (nSPS) is 13.0. The molecule has 1 aromatic heterocycles. The van der Waals surface area contributed by atoms with Crippen molar-refractivity contribution in [3.05, 3.63) is 16.1 Å². The molecule has 0 aliphatic rings. The summed E-state index contributed by atoms with van der Waals surface area (Å²) < 4.78 is 0. The molecule has 0 saturated carbocycles.